The van der Waals surface area contributed by atoms with Crippen molar-refractivity contribution in [2.24, 2.45) is 0 Å². The van der Waals surface area contributed by atoms with Crippen LogP contribution in [0.5, 0.6) is 0 Å². The van der Waals surface area contributed by atoms with Crippen LogP contribution in [0.25, 0.3) is 0 Å². The van der Waals surface area contributed by atoms with Gasteiger partial charge in [0.15, 0.2) is 0 Å². The molecule has 3 nitrogen and oxygen atoms in total. The van der Waals surface area contributed by atoms with E-state index in [1.54, 1.807) is 0 Å². The molecule has 6 heteroatoms. The Kier molecular flexibility index (Phi) is 3.14. The summed E-state index contributed by atoms with van der Waals surface area (Å²) in [6.07, 6.45) is -3.10. The van der Waals surface area contributed by atoms with Crippen LogP contribution in [0, 0.1) is 11.3 Å². The molecule has 1 unspecified atom stereocenters. The maximum absolute atomic E-state index is 12.1. The van der Waals surface area contributed by atoms with Gasteiger partial charge in [0.2, 0.25) is 0 Å². The van der Waals surface area contributed by atoms with E-state index in [0.29, 0.717) is 5.56 Å². The predicted molar refractivity (Wildman–Crippen MR) is 48.1 cm³/mol. The molecule has 1 rings (SSSR count). The van der Waals surface area contributed by atoms with Crippen molar-refractivity contribution in [2.45, 2.75) is 19.1 Å². The zero-order valence-electron chi connectivity index (χ0n) is 7.84. The predicted octanol–water partition coefficient (Wildman–Crippen LogP) is 2.32. The molecule has 0 saturated carbocycles. The monoisotopic (exact) mass is 215 g/mol. The van der Waals surface area contributed by atoms with Crippen molar-refractivity contribution in [1.82, 2.24) is 4.98 Å². The van der Waals surface area contributed by atoms with Gasteiger partial charge in [0.1, 0.15) is 17.9 Å². The van der Waals surface area contributed by atoms with Gasteiger partial charge in [-0.25, -0.2) is 4.98 Å². The van der Waals surface area contributed by atoms with Crippen molar-refractivity contribution in [2.75, 3.05) is 5.32 Å². The Morgan fingerprint density at radius 2 is 2.13 bits per heavy atom. The van der Waals surface area contributed by atoms with E-state index in [0.717, 1.165) is 6.92 Å². The Labute approximate surface area is 84.5 Å². The lowest BCUT2D eigenvalue weighted by molar-refractivity contribution is -0.138. The molecule has 0 radical (unpaired) electrons. The van der Waals surface area contributed by atoms with Crippen LogP contribution in [0.1, 0.15) is 12.5 Å². The molecule has 0 aliphatic carbocycles. The van der Waals surface area contributed by atoms with Gasteiger partial charge in [0, 0.05) is 6.20 Å². The van der Waals surface area contributed by atoms with E-state index < -0.39 is 12.2 Å². The Balaban J connectivity index is 2.70. The molecule has 0 aromatic carbocycles. The highest BCUT2D eigenvalue weighted by atomic mass is 19.4. The van der Waals surface area contributed by atoms with Crippen LogP contribution in [0.2, 0.25) is 0 Å². The lowest BCUT2D eigenvalue weighted by atomic mass is 10.3. The molecule has 15 heavy (non-hydrogen) atoms. The molecule has 1 heterocycles. The summed E-state index contributed by atoms with van der Waals surface area (Å²) in [5.74, 6) is 0.0961. The average Bonchev–Trinajstić information content (AvgIpc) is 2.17. The van der Waals surface area contributed by atoms with Crippen LogP contribution in [-0.4, -0.2) is 17.2 Å². The molecular weight excluding hydrogens is 207 g/mol. The molecule has 0 fully saturated rings. The number of rotatable bonds is 2. The van der Waals surface area contributed by atoms with E-state index in [4.69, 9.17) is 5.26 Å². The molecule has 0 spiro atoms. The summed E-state index contributed by atoms with van der Waals surface area (Å²) in [7, 11) is 0. The van der Waals surface area contributed by atoms with Crippen molar-refractivity contribution >= 4 is 5.82 Å². The van der Waals surface area contributed by atoms with Gasteiger partial charge in [-0.05, 0) is 19.1 Å². The molecule has 80 valence electrons. The minimum absolute atomic E-state index is 0.0961. The van der Waals surface area contributed by atoms with E-state index in [1.807, 2.05) is 6.07 Å². The van der Waals surface area contributed by atoms with Gasteiger partial charge >= 0.3 is 6.18 Å². The average molecular weight is 215 g/mol. The molecule has 0 amide bonds. The number of anilines is 1. The Morgan fingerprint density at radius 3 is 2.53 bits per heavy atom. The number of hydrogen-bond donors (Lipinski definition) is 1. The lowest BCUT2D eigenvalue weighted by Crippen LogP contribution is -2.33. The van der Waals surface area contributed by atoms with Crippen LogP contribution in [-0.2, 0) is 0 Å². The molecule has 0 saturated heterocycles. The van der Waals surface area contributed by atoms with E-state index in [9.17, 15) is 13.2 Å². The van der Waals surface area contributed by atoms with Crippen LogP contribution >= 0.6 is 0 Å². The quantitative estimate of drug-likeness (QED) is 0.823. The summed E-state index contributed by atoms with van der Waals surface area (Å²) in [4.78, 5) is 3.67. The van der Waals surface area contributed by atoms with Crippen molar-refractivity contribution in [3.05, 3.63) is 23.9 Å². The summed E-state index contributed by atoms with van der Waals surface area (Å²) in [6.45, 7) is 1.000. The maximum Gasteiger partial charge on any atom is 0.408 e. The van der Waals surface area contributed by atoms with Crippen molar-refractivity contribution in [1.29, 1.82) is 5.26 Å². The number of halogens is 3. The minimum Gasteiger partial charge on any atom is -0.359 e. The molecule has 1 atom stereocenters. The maximum atomic E-state index is 12.1. The highest BCUT2D eigenvalue weighted by Crippen LogP contribution is 2.22. The van der Waals surface area contributed by atoms with Gasteiger partial charge in [-0.1, -0.05) is 0 Å². The Bertz CT molecular complexity index is 364. The first kappa shape index (κ1) is 11.3. The molecule has 0 aliphatic rings. The van der Waals surface area contributed by atoms with Gasteiger partial charge in [-0.2, -0.15) is 18.4 Å². The van der Waals surface area contributed by atoms with Gasteiger partial charge in [-0.15, -0.1) is 0 Å². The Hall–Kier alpha value is -1.77. The molecule has 1 aromatic heterocycles. The summed E-state index contributed by atoms with van der Waals surface area (Å²) >= 11 is 0. The first-order valence-corrected chi connectivity index (χ1v) is 4.13. The number of alkyl halides is 3. The summed E-state index contributed by atoms with van der Waals surface area (Å²) in [5, 5.41) is 10.6. The SMILES string of the molecule is CC(Nc1ccc(C#N)cn1)C(F)(F)F. The highest BCUT2D eigenvalue weighted by Gasteiger charge is 2.36. The summed E-state index contributed by atoms with van der Waals surface area (Å²) in [6, 6.07) is 2.89. The molecule has 0 bridgehead atoms. The minimum atomic E-state index is -4.31. The number of nitriles is 1. The second kappa shape index (κ2) is 4.17. The summed E-state index contributed by atoms with van der Waals surface area (Å²) in [5.41, 5.74) is 0.306. The second-order valence-corrected chi connectivity index (χ2v) is 2.95. The number of hydrogen-bond acceptors (Lipinski definition) is 3. The van der Waals surface area contributed by atoms with E-state index >= 15 is 0 Å². The number of pyridine rings is 1. The van der Waals surface area contributed by atoms with E-state index in [-0.39, 0.29) is 5.82 Å². The van der Waals surface area contributed by atoms with Crippen molar-refractivity contribution < 1.29 is 13.2 Å². The van der Waals surface area contributed by atoms with Crippen LogP contribution < -0.4 is 5.32 Å². The van der Waals surface area contributed by atoms with E-state index in [2.05, 4.69) is 10.3 Å². The third kappa shape index (κ3) is 3.13. The lowest BCUT2D eigenvalue weighted by Gasteiger charge is -2.17. The first-order chi connectivity index (χ1) is 6.93. The molecule has 0 aliphatic heterocycles. The third-order valence-electron chi connectivity index (χ3n) is 1.75. The van der Waals surface area contributed by atoms with E-state index in [1.165, 1.54) is 18.3 Å². The Morgan fingerprint density at radius 1 is 1.47 bits per heavy atom. The number of nitrogens with zero attached hydrogens (tertiary/aromatic N) is 2. The van der Waals surface area contributed by atoms with Gasteiger partial charge in [0.05, 0.1) is 5.56 Å². The van der Waals surface area contributed by atoms with Gasteiger partial charge in [0.25, 0.3) is 0 Å². The fraction of sp³-hybridized carbons (Fsp3) is 0.333. The van der Waals surface area contributed by atoms with Crippen LogP contribution in [0.15, 0.2) is 18.3 Å². The van der Waals surface area contributed by atoms with Gasteiger partial charge < -0.3 is 5.32 Å². The summed E-state index contributed by atoms with van der Waals surface area (Å²) < 4.78 is 36.4. The molecule has 1 N–H and O–H groups in total. The van der Waals surface area contributed by atoms with Crippen molar-refractivity contribution in [3.8, 4) is 6.07 Å². The standard InChI is InChI=1S/C9H8F3N3/c1-6(9(10,11)12)15-8-3-2-7(4-13)5-14-8/h2-3,5-6H,1H3,(H,14,15). The third-order valence-corrected chi connectivity index (χ3v) is 1.75. The fourth-order valence-corrected chi connectivity index (χ4v) is 0.849. The zero-order valence-corrected chi connectivity index (χ0v) is 7.84. The molecule has 1 aromatic rings. The number of nitrogens with one attached hydrogen (secondary N) is 1. The normalized spacial score (nSPS) is 13.0. The van der Waals surface area contributed by atoms with Crippen molar-refractivity contribution in [3.63, 3.8) is 0 Å². The smallest absolute Gasteiger partial charge is 0.359 e. The first-order valence-electron chi connectivity index (χ1n) is 4.13. The highest BCUT2D eigenvalue weighted by molar-refractivity contribution is 5.39. The van der Waals surface area contributed by atoms with Gasteiger partial charge in [-0.3, -0.25) is 0 Å². The van der Waals surface area contributed by atoms with Crippen LogP contribution in [0.4, 0.5) is 19.0 Å². The zero-order chi connectivity index (χ0) is 11.5. The largest absolute Gasteiger partial charge is 0.408 e. The fourth-order valence-electron chi connectivity index (χ4n) is 0.849. The number of aromatic nitrogens is 1. The molecular formula is C9H8F3N3. The van der Waals surface area contributed by atoms with Crippen LogP contribution in [0.3, 0.4) is 0 Å². The second-order valence-electron chi connectivity index (χ2n) is 2.95. The topological polar surface area (TPSA) is 48.7 Å².